The van der Waals surface area contributed by atoms with E-state index in [0.29, 0.717) is 5.56 Å². The molecule has 0 spiro atoms. The highest BCUT2D eigenvalue weighted by Crippen LogP contribution is 2.60. The fourth-order valence-electron chi connectivity index (χ4n) is 1.80. The van der Waals surface area contributed by atoms with Crippen LogP contribution in [0.1, 0.15) is 31.9 Å². The van der Waals surface area contributed by atoms with Crippen LogP contribution in [-0.2, 0) is 26.2 Å². The van der Waals surface area contributed by atoms with E-state index in [0.717, 1.165) is 6.07 Å². The molecule has 1 aromatic rings. The zero-order chi connectivity index (χ0) is 18.9. The molecule has 0 heterocycles. The topological polar surface area (TPSA) is 110 Å². The third-order valence-corrected chi connectivity index (χ3v) is 4.52. The number of hydrogen-bond donors (Lipinski definition) is 3. The molecule has 0 radical (unpaired) electrons. The second-order valence-electron chi connectivity index (χ2n) is 6.24. The van der Waals surface area contributed by atoms with Crippen LogP contribution in [0.4, 0.5) is 8.78 Å². The van der Waals surface area contributed by atoms with Gasteiger partial charge in [-0.3, -0.25) is 9.36 Å². The van der Waals surface area contributed by atoms with Gasteiger partial charge in [-0.05, 0) is 38.8 Å². The lowest BCUT2D eigenvalue weighted by Gasteiger charge is -2.22. The number of halogens is 3. The third-order valence-electron chi connectivity index (χ3n) is 2.89. The van der Waals surface area contributed by atoms with Crippen molar-refractivity contribution in [2.45, 2.75) is 44.5 Å². The number of carbonyl (C=O) groups excluding carboxylic acids is 1. The van der Waals surface area contributed by atoms with E-state index in [9.17, 15) is 18.1 Å². The van der Waals surface area contributed by atoms with Crippen LogP contribution in [0.15, 0.2) is 22.7 Å². The van der Waals surface area contributed by atoms with Gasteiger partial charge in [-0.15, -0.1) is 0 Å². The Morgan fingerprint density at radius 3 is 2.33 bits per heavy atom. The molecule has 0 amide bonds. The van der Waals surface area contributed by atoms with E-state index in [2.05, 4.69) is 15.9 Å². The highest BCUT2D eigenvalue weighted by Gasteiger charge is 2.51. The van der Waals surface area contributed by atoms with Gasteiger partial charge >= 0.3 is 19.2 Å². The minimum Gasteiger partial charge on any atom is -0.459 e. The van der Waals surface area contributed by atoms with E-state index in [-0.39, 0.29) is 10.9 Å². The number of rotatable bonds is 5. The van der Waals surface area contributed by atoms with Gasteiger partial charge in [-0.2, -0.15) is 8.78 Å². The van der Waals surface area contributed by atoms with Gasteiger partial charge < -0.3 is 20.3 Å². The van der Waals surface area contributed by atoms with Gasteiger partial charge in [0.25, 0.3) is 0 Å². The molecule has 4 N–H and O–H groups in total. The lowest BCUT2D eigenvalue weighted by molar-refractivity contribution is -0.156. The maximum absolute atomic E-state index is 13.7. The minimum atomic E-state index is -5.66. The summed E-state index contributed by atoms with van der Waals surface area (Å²) in [5, 5.41) is 0. The molecule has 0 fully saturated rings. The Bertz CT molecular complexity index is 672. The monoisotopic (exact) mass is 429 g/mol. The Morgan fingerprint density at radius 2 is 1.92 bits per heavy atom. The van der Waals surface area contributed by atoms with Crippen LogP contribution in [0.5, 0.6) is 0 Å². The number of benzene rings is 1. The van der Waals surface area contributed by atoms with Gasteiger partial charge in [0.1, 0.15) is 11.6 Å². The van der Waals surface area contributed by atoms with Crippen LogP contribution in [0.3, 0.4) is 0 Å². The Hall–Kier alpha value is -0.860. The first-order chi connectivity index (χ1) is 10.6. The average molecular weight is 430 g/mol. The van der Waals surface area contributed by atoms with E-state index in [1.807, 2.05) is 0 Å². The van der Waals surface area contributed by atoms with Gasteiger partial charge in [0.15, 0.2) is 0 Å². The van der Waals surface area contributed by atoms with E-state index < -0.39 is 36.4 Å². The normalized spacial score (nSPS) is 14.4. The summed E-state index contributed by atoms with van der Waals surface area (Å²) in [7, 11) is -5.66. The third kappa shape index (κ3) is 5.32. The van der Waals surface area contributed by atoms with Crippen molar-refractivity contribution < 1.29 is 32.7 Å². The summed E-state index contributed by atoms with van der Waals surface area (Å²) in [6.07, 6.45) is 0.0231. The second-order valence-corrected chi connectivity index (χ2v) is 8.75. The van der Waals surface area contributed by atoms with E-state index in [1.165, 1.54) is 12.1 Å². The predicted octanol–water partition coefficient (Wildman–Crippen LogP) is 2.89. The first kappa shape index (κ1) is 21.2. The summed E-state index contributed by atoms with van der Waals surface area (Å²) in [4.78, 5) is 29.4. The molecule has 1 rings (SSSR count). The Morgan fingerprint density at radius 1 is 1.38 bits per heavy atom. The smallest absolute Gasteiger partial charge is 0.399 e. The standard InChI is InChI=1S/C14H19BrF2NO5P/c1-13(2,3)23-12(19)11(18)7-8-4-5-9(10(15)6-8)14(16,17)24(20,21)22/h4-6,11H,7,18H2,1-3H3,(H2,20,21,22). The van der Waals surface area contributed by atoms with Crippen molar-refractivity contribution >= 4 is 29.5 Å². The lowest BCUT2D eigenvalue weighted by Crippen LogP contribution is -2.38. The SMILES string of the molecule is CC(C)(C)OC(=O)C(N)Cc1ccc(C(F)(F)P(=O)(O)O)c(Br)c1. The van der Waals surface area contributed by atoms with Crippen LogP contribution in [0, 0.1) is 0 Å². The molecule has 0 bridgehead atoms. The molecule has 6 nitrogen and oxygen atoms in total. The summed E-state index contributed by atoms with van der Waals surface area (Å²) < 4.78 is 43.3. The molecule has 0 saturated heterocycles. The summed E-state index contributed by atoms with van der Waals surface area (Å²) in [6, 6.07) is 2.36. The van der Waals surface area contributed by atoms with Gasteiger partial charge in [-0.25, -0.2) is 0 Å². The zero-order valence-electron chi connectivity index (χ0n) is 13.3. The predicted molar refractivity (Wildman–Crippen MR) is 87.6 cm³/mol. The van der Waals surface area contributed by atoms with Crippen LogP contribution >= 0.6 is 23.5 Å². The highest BCUT2D eigenvalue weighted by atomic mass is 79.9. The number of esters is 1. The second kappa shape index (κ2) is 7.17. The average Bonchev–Trinajstić information content (AvgIpc) is 2.34. The van der Waals surface area contributed by atoms with Crippen LogP contribution < -0.4 is 5.73 Å². The molecular formula is C14H19BrF2NO5P. The number of alkyl halides is 2. The lowest BCUT2D eigenvalue weighted by atomic mass is 10.0. The first-order valence-electron chi connectivity index (χ1n) is 6.86. The van der Waals surface area contributed by atoms with E-state index >= 15 is 0 Å². The molecule has 1 aromatic carbocycles. The van der Waals surface area contributed by atoms with Crippen molar-refractivity contribution in [2.24, 2.45) is 5.73 Å². The number of ether oxygens (including phenoxy) is 1. The highest BCUT2D eigenvalue weighted by molar-refractivity contribution is 9.10. The van der Waals surface area contributed by atoms with Gasteiger partial charge in [0.2, 0.25) is 0 Å². The summed E-state index contributed by atoms with van der Waals surface area (Å²) in [6.45, 7) is 5.06. The fourth-order valence-corrected chi connectivity index (χ4v) is 3.14. The van der Waals surface area contributed by atoms with Crippen molar-refractivity contribution in [3.05, 3.63) is 33.8 Å². The Kier molecular flexibility index (Phi) is 6.33. The molecule has 0 aromatic heterocycles. The molecule has 0 aliphatic rings. The number of hydrogen-bond acceptors (Lipinski definition) is 4. The maximum Gasteiger partial charge on any atom is 0.399 e. The zero-order valence-corrected chi connectivity index (χ0v) is 15.8. The number of nitrogens with two attached hydrogens (primary N) is 1. The van der Waals surface area contributed by atoms with Crippen molar-refractivity contribution in [1.29, 1.82) is 0 Å². The molecule has 1 unspecified atom stereocenters. The fraction of sp³-hybridized carbons (Fsp3) is 0.500. The van der Waals surface area contributed by atoms with E-state index in [1.54, 1.807) is 20.8 Å². The van der Waals surface area contributed by atoms with Crippen molar-refractivity contribution in [3.8, 4) is 0 Å². The molecule has 0 aliphatic heterocycles. The summed E-state index contributed by atoms with van der Waals surface area (Å²) in [5.41, 5.74) is 0.305. The maximum atomic E-state index is 13.7. The Labute approximate surface area is 146 Å². The van der Waals surface area contributed by atoms with Crippen molar-refractivity contribution in [2.75, 3.05) is 0 Å². The van der Waals surface area contributed by atoms with Crippen LogP contribution in [-0.4, -0.2) is 27.4 Å². The molecule has 24 heavy (non-hydrogen) atoms. The van der Waals surface area contributed by atoms with Crippen LogP contribution in [0.25, 0.3) is 0 Å². The number of carbonyl (C=O) groups is 1. The van der Waals surface area contributed by atoms with Gasteiger partial charge in [-0.1, -0.05) is 28.1 Å². The summed E-state index contributed by atoms with van der Waals surface area (Å²) >= 11 is 2.87. The largest absolute Gasteiger partial charge is 0.459 e. The molecule has 0 aliphatic carbocycles. The van der Waals surface area contributed by atoms with Crippen molar-refractivity contribution in [3.63, 3.8) is 0 Å². The molecular weight excluding hydrogens is 411 g/mol. The quantitative estimate of drug-likeness (QED) is 0.490. The Balaban J connectivity index is 2.97. The van der Waals surface area contributed by atoms with Gasteiger partial charge in [0.05, 0.1) is 0 Å². The van der Waals surface area contributed by atoms with E-state index in [4.69, 9.17) is 20.3 Å². The molecule has 1 atom stereocenters. The molecule has 136 valence electrons. The first-order valence-corrected chi connectivity index (χ1v) is 9.26. The minimum absolute atomic E-state index is 0.0231. The summed E-state index contributed by atoms with van der Waals surface area (Å²) in [5.74, 6) is -0.636. The molecule has 0 saturated carbocycles. The van der Waals surface area contributed by atoms with Crippen molar-refractivity contribution in [1.82, 2.24) is 0 Å². The molecule has 10 heteroatoms. The van der Waals surface area contributed by atoms with Crippen LogP contribution in [0.2, 0.25) is 0 Å². The van der Waals surface area contributed by atoms with Gasteiger partial charge in [0, 0.05) is 10.0 Å².